The lowest BCUT2D eigenvalue weighted by Gasteiger charge is -2.44. The molecular formula is C16H33N3. The van der Waals surface area contributed by atoms with E-state index >= 15 is 0 Å². The highest BCUT2D eigenvalue weighted by Gasteiger charge is 2.31. The molecule has 0 aromatic rings. The molecule has 2 atom stereocenters. The third-order valence-corrected chi connectivity index (χ3v) is 4.70. The van der Waals surface area contributed by atoms with Crippen molar-refractivity contribution >= 4 is 0 Å². The van der Waals surface area contributed by atoms with E-state index in [0.29, 0.717) is 0 Å². The molecule has 0 aromatic heterocycles. The number of nitrogens with zero attached hydrogens (tertiary/aromatic N) is 2. The molecular weight excluding hydrogens is 234 g/mol. The Hall–Kier alpha value is -0.120. The van der Waals surface area contributed by atoms with E-state index in [9.17, 15) is 0 Å². The molecule has 0 amide bonds. The highest BCUT2D eigenvalue weighted by molar-refractivity contribution is 4.90. The van der Waals surface area contributed by atoms with Crippen molar-refractivity contribution in [3.05, 3.63) is 0 Å². The first kappa shape index (κ1) is 15.3. The molecule has 19 heavy (non-hydrogen) atoms. The van der Waals surface area contributed by atoms with E-state index in [4.69, 9.17) is 0 Å². The molecule has 0 aromatic carbocycles. The van der Waals surface area contributed by atoms with Crippen LogP contribution in [0.5, 0.6) is 0 Å². The standard InChI is InChI=1S/C16H33N3/c1-4-17-15-7-5-6-8-16(15)19-11-9-18(10-12-19)13-14(2)3/h14-17H,4-13H2,1-3H3. The SMILES string of the molecule is CCNC1CCCCC1N1CCN(CC(C)C)CC1. The van der Waals surface area contributed by atoms with Crippen LogP contribution in [0.15, 0.2) is 0 Å². The summed E-state index contributed by atoms with van der Waals surface area (Å²) in [7, 11) is 0. The van der Waals surface area contributed by atoms with Crippen molar-refractivity contribution in [3.63, 3.8) is 0 Å². The van der Waals surface area contributed by atoms with Gasteiger partial charge in [0.25, 0.3) is 0 Å². The molecule has 1 heterocycles. The minimum absolute atomic E-state index is 0.746. The van der Waals surface area contributed by atoms with Gasteiger partial charge in [0.15, 0.2) is 0 Å². The van der Waals surface area contributed by atoms with Gasteiger partial charge in [-0.3, -0.25) is 4.90 Å². The van der Waals surface area contributed by atoms with Gasteiger partial charge >= 0.3 is 0 Å². The van der Waals surface area contributed by atoms with Crippen molar-refractivity contribution in [1.29, 1.82) is 0 Å². The van der Waals surface area contributed by atoms with Gasteiger partial charge < -0.3 is 10.2 Å². The average Bonchev–Trinajstić information content (AvgIpc) is 2.40. The maximum atomic E-state index is 3.72. The van der Waals surface area contributed by atoms with Crippen LogP contribution in [-0.4, -0.2) is 61.2 Å². The number of nitrogens with one attached hydrogen (secondary N) is 1. The van der Waals surface area contributed by atoms with Crippen LogP contribution >= 0.6 is 0 Å². The largest absolute Gasteiger partial charge is 0.313 e. The predicted molar refractivity (Wildman–Crippen MR) is 82.6 cm³/mol. The zero-order chi connectivity index (χ0) is 13.7. The van der Waals surface area contributed by atoms with E-state index in [0.717, 1.165) is 24.5 Å². The summed E-state index contributed by atoms with van der Waals surface area (Å²) in [6.07, 6.45) is 5.63. The fourth-order valence-corrected chi connectivity index (χ4v) is 3.84. The van der Waals surface area contributed by atoms with Gasteiger partial charge in [0.1, 0.15) is 0 Å². The van der Waals surface area contributed by atoms with E-state index in [1.54, 1.807) is 0 Å². The topological polar surface area (TPSA) is 18.5 Å². The molecule has 112 valence electrons. The second-order valence-corrected chi connectivity index (χ2v) is 6.75. The van der Waals surface area contributed by atoms with Crippen molar-refractivity contribution in [1.82, 2.24) is 15.1 Å². The molecule has 3 nitrogen and oxygen atoms in total. The van der Waals surface area contributed by atoms with Crippen molar-refractivity contribution in [2.75, 3.05) is 39.3 Å². The van der Waals surface area contributed by atoms with Crippen LogP contribution < -0.4 is 5.32 Å². The molecule has 0 bridgehead atoms. The summed E-state index contributed by atoms with van der Waals surface area (Å²) in [6.45, 7) is 14.4. The first-order valence-electron chi connectivity index (χ1n) is 8.40. The second kappa shape index (κ2) is 7.61. The lowest BCUT2D eigenvalue weighted by Crippen LogP contribution is -2.57. The van der Waals surface area contributed by atoms with E-state index in [1.165, 1.54) is 58.4 Å². The molecule has 2 aliphatic rings. The van der Waals surface area contributed by atoms with E-state index in [2.05, 4.69) is 35.9 Å². The van der Waals surface area contributed by atoms with Crippen LogP contribution in [0.25, 0.3) is 0 Å². The normalized spacial score (nSPS) is 30.9. The second-order valence-electron chi connectivity index (χ2n) is 6.75. The fourth-order valence-electron chi connectivity index (χ4n) is 3.84. The number of rotatable bonds is 5. The van der Waals surface area contributed by atoms with Gasteiger partial charge in [-0.15, -0.1) is 0 Å². The maximum absolute atomic E-state index is 3.72. The molecule has 1 N–H and O–H groups in total. The molecule has 3 heteroatoms. The van der Waals surface area contributed by atoms with Crippen LogP contribution in [0, 0.1) is 5.92 Å². The van der Waals surface area contributed by atoms with Crippen LogP contribution in [0.1, 0.15) is 46.5 Å². The van der Waals surface area contributed by atoms with Crippen molar-refractivity contribution in [2.45, 2.75) is 58.5 Å². The molecule has 2 unspecified atom stereocenters. The Labute approximate surface area is 119 Å². The first-order valence-corrected chi connectivity index (χ1v) is 8.40. The van der Waals surface area contributed by atoms with Crippen LogP contribution in [0.4, 0.5) is 0 Å². The smallest absolute Gasteiger partial charge is 0.0250 e. The molecule has 0 spiro atoms. The maximum Gasteiger partial charge on any atom is 0.0250 e. The number of piperazine rings is 1. The van der Waals surface area contributed by atoms with Crippen LogP contribution in [0.3, 0.4) is 0 Å². The zero-order valence-electron chi connectivity index (χ0n) is 13.2. The Balaban J connectivity index is 1.81. The zero-order valence-corrected chi connectivity index (χ0v) is 13.2. The summed E-state index contributed by atoms with van der Waals surface area (Å²) in [6, 6.07) is 1.55. The fraction of sp³-hybridized carbons (Fsp3) is 1.00. The van der Waals surface area contributed by atoms with Crippen LogP contribution in [0.2, 0.25) is 0 Å². The van der Waals surface area contributed by atoms with Gasteiger partial charge in [-0.1, -0.05) is 33.6 Å². The molecule has 2 fully saturated rings. The summed E-state index contributed by atoms with van der Waals surface area (Å²) in [5.41, 5.74) is 0. The number of hydrogen-bond acceptors (Lipinski definition) is 3. The third kappa shape index (κ3) is 4.44. The molecule has 0 radical (unpaired) electrons. The lowest BCUT2D eigenvalue weighted by molar-refractivity contribution is 0.0574. The predicted octanol–water partition coefficient (Wildman–Crippen LogP) is 2.18. The number of hydrogen-bond donors (Lipinski definition) is 1. The van der Waals surface area contributed by atoms with E-state index in [-0.39, 0.29) is 0 Å². The Morgan fingerprint density at radius 1 is 1.05 bits per heavy atom. The summed E-state index contributed by atoms with van der Waals surface area (Å²) < 4.78 is 0. The molecule has 1 saturated heterocycles. The van der Waals surface area contributed by atoms with Crippen LogP contribution in [-0.2, 0) is 0 Å². The summed E-state index contributed by atoms with van der Waals surface area (Å²) in [5.74, 6) is 0.802. The van der Waals surface area contributed by atoms with Crippen molar-refractivity contribution < 1.29 is 0 Å². The monoisotopic (exact) mass is 267 g/mol. The van der Waals surface area contributed by atoms with Gasteiger partial charge in [0.2, 0.25) is 0 Å². The Kier molecular flexibility index (Phi) is 6.11. The number of likely N-dealkylation sites (N-methyl/N-ethyl adjacent to an activating group) is 1. The van der Waals surface area contributed by atoms with Gasteiger partial charge in [-0.05, 0) is 25.3 Å². The summed E-state index contributed by atoms with van der Waals surface area (Å²) >= 11 is 0. The molecule has 1 saturated carbocycles. The van der Waals surface area contributed by atoms with E-state index < -0.39 is 0 Å². The molecule has 2 rings (SSSR count). The Morgan fingerprint density at radius 2 is 1.74 bits per heavy atom. The highest BCUT2D eigenvalue weighted by Crippen LogP contribution is 2.24. The minimum atomic E-state index is 0.746. The van der Waals surface area contributed by atoms with E-state index in [1.807, 2.05) is 0 Å². The Bertz CT molecular complexity index is 244. The first-order chi connectivity index (χ1) is 9.20. The Morgan fingerprint density at radius 3 is 2.37 bits per heavy atom. The molecule has 1 aliphatic heterocycles. The van der Waals surface area contributed by atoms with Crippen molar-refractivity contribution in [2.24, 2.45) is 5.92 Å². The van der Waals surface area contributed by atoms with Gasteiger partial charge in [-0.25, -0.2) is 0 Å². The third-order valence-electron chi connectivity index (χ3n) is 4.70. The van der Waals surface area contributed by atoms with Gasteiger partial charge in [0.05, 0.1) is 0 Å². The quantitative estimate of drug-likeness (QED) is 0.824. The van der Waals surface area contributed by atoms with Crippen molar-refractivity contribution in [3.8, 4) is 0 Å². The molecule has 1 aliphatic carbocycles. The minimum Gasteiger partial charge on any atom is -0.313 e. The van der Waals surface area contributed by atoms with Gasteiger partial charge in [-0.2, -0.15) is 0 Å². The average molecular weight is 267 g/mol. The van der Waals surface area contributed by atoms with Gasteiger partial charge in [0, 0.05) is 44.8 Å². The summed E-state index contributed by atoms with van der Waals surface area (Å²) in [5, 5.41) is 3.72. The summed E-state index contributed by atoms with van der Waals surface area (Å²) in [4.78, 5) is 5.41. The lowest BCUT2D eigenvalue weighted by atomic mass is 9.88. The highest BCUT2D eigenvalue weighted by atomic mass is 15.3.